The third-order valence-electron chi connectivity index (χ3n) is 6.20. The Kier molecular flexibility index (Phi) is 5.24. The Labute approximate surface area is 139 Å². The summed E-state index contributed by atoms with van der Waals surface area (Å²) in [6, 6.07) is 4.30. The topological polar surface area (TPSA) is 66.0 Å². The normalized spacial score (nSPS) is 37.5. The number of hydrogen-bond donors (Lipinski definition) is 0. The monoisotopic (exact) mass is 316 g/mol. The van der Waals surface area contributed by atoms with Crippen LogP contribution < -0.4 is 0 Å². The van der Waals surface area contributed by atoms with Gasteiger partial charge in [0, 0.05) is 6.61 Å². The van der Waals surface area contributed by atoms with Crippen molar-refractivity contribution in [3.8, 4) is 12.1 Å². The summed E-state index contributed by atoms with van der Waals surface area (Å²) in [7, 11) is 0. The Balaban J connectivity index is 1.55. The second kappa shape index (κ2) is 7.20. The van der Waals surface area contributed by atoms with E-state index in [0.717, 1.165) is 31.5 Å². The predicted molar refractivity (Wildman–Crippen MR) is 86.3 cm³/mol. The first-order valence-electron chi connectivity index (χ1n) is 9.09. The van der Waals surface area contributed by atoms with Gasteiger partial charge in [-0.05, 0) is 67.6 Å². The molecule has 0 saturated heterocycles. The van der Waals surface area contributed by atoms with Crippen LogP contribution in [0.4, 0.5) is 0 Å². The van der Waals surface area contributed by atoms with Gasteiger partial charge in [0.2, 0.25) is 0 Å². The minimum Gasteiger partial charge on any atom is -0.380 e. The predicted octanol–water partition coefficient (Wildman–Crippen LogP) is 3.82. The summed E-state index contributed by atoms with van der Waals surface area (Å²) in [5.41, 5.74) is 0.821. The first-order valence-corrected chi connectivity index (χ1v) is 9.09. The number of nitriles is 2. The summed E-state index contributed by atoms with van der Waals surface area (Å²) >= 11 is 0. The van der Waals surface area contributed by atoms with Gasteiger partial charge < -0.3 is 9.47 Å². The first kappa shape index (κ1) is 16.7. The van der Waals surface area contributed by atoms with Crippen LogP contribution in [0.1, 0.15) is 57.8 Å². The molecular formula is C19H28N2O2. The smallest absolute Gasteiger partial charge is 0.0645 e. The Hall–Kier alpha value is -1.10. The van der Waals surface area contributed by atoms with E-state index in [9.17, 15) is 0 Å². The summed E-state index contributed by atoms with van der Waals surface area (Å²) in [6.45, 7) is 2.80. The fraction of sp³-hybridized carbons (Fsp3) is 0.895. The Morgan fingerprint density at radius 3 is 2.09 bits per heavy atom. The number of ether oxygens (including phenoxy) is 2. The van der Waals surface area contributed by atoms with E-state index in [1.807, 2.05) is 0 Å². The van der Waals surface area contributed by atoms with Crippen molar-refractivity contribution in [1.29, 1.82) is 10.5 Å². The summed E-state index contributed by atoms with van der Waals surface area (Å²) in [6.07, 6.45) is 10.2. The summed E-state index contributed by atoms with van der Waals surface area (Å²) in [4.78, 5) is 0. The molecular weight excluding hydrogens is 288 g/mol. The second-order valence-electron chi connectivity index (χ2n) is 8.19. The van der Waals surface area contributed by atoms with Crippen LogP contribution in [0.25, 0.3) is 0 Å². The lowest BCUT2D eigenvalue weighted by Gasteiger charge is -2.62. The molecule has 0 amide bonds. The molecule has 4 fully saturated rings. The Morgan fingerprint density at radius 1 is 0.826 bits per heavy atom. The van der Waals surface area contributed by atoms with E-state index >= 15 is 0 Å². The number of hydrogen-bond acceptors (Lipinski definition) is 4. The third-order valence-corrected chi connectivity index (χ3v) is 6.20. The van der Waals surface area contributed by atoms with Crippen LogP contribution in [-0.2, 0) is 9.47 Å². The van der Waals surface area contributed by atoms with Crippen molar-refractivity contribution in [3.63, 3.8) is 0 Å². The number of nitrogens with zero attached hydrogens (tertiary/aromatic N) is 2. The van der Waals surface area contributed by atoms with Crippen molar-refractivity contribution in [3.05, 3.63) is 0 Å². The maximum atomic E-state index is 8.66. The third kappa shape index (κ3) is 3.87. The van der Waals surface area contributed by atoms with Crippen molar-refractivity contribution in [2.75, 3.05) is 26.4 Å². The van der Waals surface area contributed by atoms with Gasteiger partial charge in [-0.1, -0.05) is 0 Å². The zero-order valence-electron chi connectivity index (χ0n) is 14.1. The van der Waals surface area contributed by atoms with Crippen molar-refractivity contribution in [2.45, 2.75) is 57.8 Å². The quantitative estimate of drug-likeness (QED) is 0.606. The van der Waals surface area contributed by atoms with Crippen LogP contribution in [0.3, 0.4) is 0 Å². The zero-order valence-corrected chi connectivity index (χ0v) is 14.1. The van der Waals surface area contributed by atoms with E-state index in [1.165, 1.54) is 38.5 Å². The molecule has 0 aromatic heterocycles. The lowest BCUT2D eigenvalue weighted by atomic mass is 9.44. The van der Waals surface area contributed by atoms with Gasteiger partial charge in [0.15, 0.2) is 0 Å². The zero-order chi connectivity index (χ0) is 16.2. The molecule has 4 nitrogen and oxygen atoms in total. The molecule has 0 spiro atoms. The van der Waals surface area contributed by atoms with Crippen LogP contribution >= 0.6 is 0 Å². The Bertz CT molecular complexity index is 477. The fourth-order valence-electron chi connectivity index (χ4n) is 6.03. The molecule has 4 bridgehead atoms. The molecule has 4 rings (SSSR count). The lowest BCUT2D eigenvalue weighted by molar-refractivity contribution is -0.146. The molecule has 0 heterocycles. The molecule has 4 heteroatoms. The van der Waals surface area contributed by atoms with Crippen LogP contribution in [-0.4, -0.2) is 26.4 Å². The van der Waals surface area contributed by atoms with Crippen molar-refractivity contribution in [1.82, 2.24) is 0 Å². The van der Waals surface area contributed by atoms with E-state index in [0.29, 0.717) is 36.9 Å². The highest BCUT2D eigenvalue weighted by Gasteiger charge is 2.57. The average molecular weight is 316 g/mol. The molecule has 126 valence electrons. The van der Waals surface area contributed by atoms with Crippen molar-refractivity contribution in [2.24, 2.45) is 22.7 Å². The molecule has 0 aromatic rings. The lowest BCUT2D eigenvalue weighted by Crippen LogP contribution is -2.53. The highest BCUT2D eigenvalue weighted by Crippen LogP contribution is 2.66. The summed E-state index contributed by atoms with van der Waals surface area (Å²) in [5, 5.41) is 17.2. The van der Waals surface area contributed by atoms with Gasteiger partial charge in [-0.15, -0.1) is 0 Å². The molecule has 0 radical (unpaired) electrons. The van der Waals surface area contributed by atoms with E-state index in [4.69, 9.17) is 20.0 Å². The molecule has 0 aromatic carbocycles. The van der Waals surface area contributed by atoms with Gasteiger partial charge in [-0.2, -0.15) is 10.5 Å². The molecule has 23 heavy (non-hydrogen) atoms. The largest absolute Gasteiger partial charge is 0.380 e. The summed E-state index contributed by atoms with van der Waals surface area (Å²) < 4.78 is 11.5. The van der Waals surface area contributed by atoms with Gasteiger partial charge in [-0.25, -0.2) is 0 Å². The van der Waals surface area contributed by atoms with E-state index in [2.05, 4.69) is 12.1 Å². The average Bonchev–Trinajstić information content (AvgIpc) is 2.50. The van der Waals surface area contributed by atoms with Gasteiger partial charge in [0.05, 0.1) is 44.8 Å². The summed E-state index contributed by atoms with van der Waals surface area (Å²) in [5.74, 6) is 1.74. The van der Waals surface area contributed by atoms with Crippen molar-refractivity contribution < 1.29 is 9.47 Å². The standard InChI is InChI=1S/C19H28N2O2/c20-4-1-6-22-8-3-18-10-16-9-17(11-18)13-19(12-16,14-18)15-23-7-2-5-21/h16-17H,1-3,6-15H2. The number of rotatable bonds is 9. The minimum atomic E-state index is 0.367. The molecule has 0 aliphatic heterocycles. The maximum Gasteiger partial charge on any atom is 0.0645 e. The SMILES string of the molecule is N#CCCOCCC12CC3CC(C1)CC(COCCC#N)(C3)C2. The molecule has 2 unspecified atom stereocenters. The Morgan fingerprint density at radius 2 is 1.43 bits per heavy atom. The van der Waals surface area contributed by atoms with E-state index in [1.54, 1.807) is 0 Å². The fourth-order valence-corrected chi connectivity index (χ4v) is 6.03. The van der Waals surface area contributed by atoms with Gasteiger partial charge >= 0.3 is 0 Å². The van der Waals surface area contributed by atoms with Gasteiger partial charge in [0.1, 0.15) is 0 Å². The van der Waals surface area contributed by atoms with Crippen LogP contribution in [0.2, 0.25) is 0 Å². The van der Waals surface area contributed by atoms with E-state index < -0.39 is 0 Å². The first-order chi connectivity index (χ1) is 11.2. The molecule has 0 N–H and O–H groups in total. The van der Waals surface area contributed by atoms with Crippen LogP contribution in [0.15, 0.2) is 0 Å². The van der Waals surface area contributed by atoms with Crippen LogP contribution in [0.5, 0.6) is 0 Å². The highest BCUT2D eigenvalue weighted by atomic mass is 16.5. The van der Waals surface area contributed by atoms with Gasteiger partial charge in [-0.3, -0.25) is 0 Å². The maximum absolute atomic E-state index is 8.66. The molecule has 2 atom stereocenters. The minimum absolute atomic E-state index is 0.367. The molecule has 4 aliphatic rings. The highest BCUT2D eigenvalue weighted by molar-refractivity contribution is 5.07. The van der Waals surface area contributed by atoms with E-state index in [-0.39, 0.29) is 0 Å². The molecule has 4 aliphatic carbocycles. The van der Waals surface area contributed by atoms with Gasteiger partial charge in [0.25, 0.3) is 0 Å². The molecule has 4 saturated carbocycles. The van der Waals surface area contributed by atoms with Crippen molar-refractivity contribution >= 4 is 0 Å². The second-order valence-corrected chi connectivity index (χ2v) is 8.19. The van der Waals surface area contributed by atoms with Crippen LogP contribution in [0, 0.1) is 45.3 Å².